The molecule has 1 aliphatic carbocycles. The SMILES string of the molecule is Cc1ccc(C(O)(C(=O)NCCc2c[nH]cn2)C2CCCCC2)cc1. The molecule has 3 rings (SSSR count). The number of carbonyl (C=O) groups is 1. The second-order valence-electron chi connectivity index (χ2n) is 7.03. The largest absolute Gasteiger partial charge is 0.375 e. The Morgan fingerprint density at radius 1 is 1.28 bits per heavy atom. The van der Waals surface area contributed by atoms with Crippen LogP contribution in [0.3, 0.4) is 0 Å². The highest BCUT2D eigenvalue weighted by Gasteiger charge is 2.45. The second kappa shape index (κ2) is 7.83. The Bertz CT molecular complexity index is 675. The average molecular weight is 341 g/mol. The molecular weight excluding hydrogens is 314 g/mol. The first-order valence-electron chi connectivity index (χ1n) is 9.16. The van der Waals surface area contributed by atoms with Gasteiger partial charge in [-0.1, -0.05) is 49.1 Å². The number of rotatable bonds is 6. The van der Waals surface area contributed by atoms with Crippen LogP contribution in [0.5, 0.6) is 0 Å². The number of amides is 1. The molecule has 1 aromatic heterocycles. The maximum absolute atomic E-state index is 13.0. The van der Waals surface area contributed by atoms with Gasteiger partial charge in [-0.05, 0) is 25.3 Å². The summed E-state index contributed by atoms with van der Waals surface area (Å²) in [7, 11) is 0. The third kappa shape index (κ3) is 3.93. The van der Waals surface area contributed by atoms with Gasteiger partial charge in [0, 0.05) is 25.1 Å². The number of nitrogens with one attached hydrogen (secondary N) is 2. The molecule has 0 spiro atoms. The van der Waals surface area contributed by atoms with Crippen molar-refractivity contribution in [3.63, 3.8) is 0 Å². The highest BCUT2D eigenvalue weighted by atomic mass is 16.3. The van der Waals surface area contributed by atoms with Crippen molar-refractivity contribution in [2.45, 2.75) is 51.0 Å². The van der Waals surface area contributed by atoms with Crippen LogP contribution in [0.15, 0.2) is 36.8 Å². The third-order valence-corrected chi connectivity index (χ3v) is 5.26. The van der Waals surface area contributed by atoms with E-state index < -0.39 is 5.60 Å². The van der Waals surface area contributed by atoms with E-state index in [0.29, 0.717) is 18.5 Å². The first kappa shape index (κ1) is 17.7. The lowest BCUT2D eigenvalue weighted by Crippen LogP contribution is -2.50. The van der Waals surface area contributed by atoms with Crippen molar-refractivity contribution in [3.8, 4) is 0 Å². The molecule has 2 aromatic rings. The Balaban J connectivity index is 1.77. The molecule has 1 heterocycles. The maximum Gasteiger partial charge on any atom is 0.256 e. The fourth-order valence-corrected chi connectivity index (χ4v) is 3.75. The summed E-state index contributed by atoms with van der Waals surface area (Å²) in [6.07, 6.45) is 9.18. The first-order chi connectivity index (χ1) is 12.1. The van der Waals surface area contributed by atoms with Crippen LogP contribution in [-0.2, 0) is 16.8 Å². The molecule has 134 valence electrons. The van der Waals surface area contributed by atoms with Gasteiger partial charge in [0.05, 0.1) is 12.0 Å². The fraction of sp³-hybridized carbons (Fsp3) is 0.500. The Labute approximate surface area is 148 Å². The summed E-state index contributed by atoms with van der Waals surface area (Å²) in [6.45, 7) is 2.47. The topological polar surface area (TPSA) is 78.0 Å². The Morgan fingerprint density at radius 3 is 2.64 bits per heavy atom. The standard InChI is InChI=1S/C20H27N3O2/c1-15-7-9-17(10-8-15)20(25,16-5-3-2-4-6-16)19(24)22-12-11-18-13-21-14-23-18/h7-10,13-14,16,25H,2-6,11-12H2,1H3,(H,21,23)(H,22,24). The van der Waals surface area contributed by atoms with E-state index in [1.807, 2.05) is 37.4 Å². The van der Waals surface area contributed by atoms with Gasteiger partial charge in [0.2, 0.25) is 0 Å². The molecule has 5 nitrogen and oxygen atoms in total. The van der Waals surface area contributed by atoms with Gasteiger partial charge in [-0.3, -0.25) is 4.79 Å². The van der Waals surface area contributed by atoms with E-state index >= 15 is 0 Å². The zero-order chi connectivity index (χ0) is 17.7. The highest BCUT2D eigenvalue weighted by Crippen LogP contribution is 2.39. The Hall–Kier alpha value is -2.14. The first-order valence-corrected chi connectivity index (χ1v) is 9.16. The van der Waals surface area contributed by atoms with Gasteiger partial charge in [-0.2, -0.15) is 0 Å². The van der Waals surface area contributed by atoms with E-state index in [2.05, 4.69) is 15.3 Å². The summed E-state index contributed by atoms with van der Waals surface area (Å²) >= 11 is 0. The molecule has 0 aliphatic heterocycles. The van der Waals surface area contributed by atoms with Crippen molar-refractivity contribution in [3.05, 3.63) is 53.6 Å². The molecule has 5 heteroatoms. The van der Waals surface area contributed by atoms with Crippen LogP contribution < -0.4 is 5.32 Å². The number of carbonyl (C=O) groups excluding carboxylic acids is 1. The van der Waals surface area contributed by atoms with Gasteiger partial charge in [-0.15, -0.1) is 0 Å². The number of hydrogen-bond acceptors (Lipinski definition) is 3. The lowest BCUT2D eigenvalue weighted by atomic mass is 9.72. The predicted molar refractivity (Wildman–Crippen MR) is 97.0 cm³/mol. The minimum atomic E-state index is -1.46. The molecule has 1 saturated carbocycles. The fourth-order valence-electron chi connectivity index (χ4n) is 3.75. The molecule has 1 fully saturated rings. The molecule has 0 radical (unpaired) electrons. The maximum atomic E-state index is 13.0. The summed E-state index contributed by atoms with van der Waals surface area (Å²) in [5.41, 5.74) is 1.26. The average Bonchev–Trinajstić information content (AvgIpc) is 3.16. The summed E-state index contributed by atoms with van der Waals surface area (Å²) < 4.78 is 0. The van der Waals surface area contributed by atoms with Crippen molar-refractivity contribution in [2.24, 2.45) is 5.92 Å². The van der Waals surface area contributed by atoms with Crippen LogP contribution in [0, 0.1) is 12.8 Å². The van der Waals surface area contributed by atoms with Gasteiger partial charge in [0.1, 0.15) is 0 Å². The van der Waals surface area contributed by atoms with Crippen molar-refractivity contribution in [2.75, 3.05) is 6.54 Å². The van der Waals surface area contributed by atoms with Gasteiger partial charge in [0.15, 0.2) is 5.60 Å². The van der Waals surface area contributed by atoms with Crippen molar-refractivity contribution in [1.29, 1.82) is 0 Å². The van der Waals surface area contributed by atoms with Crippen LogP contribution in [-0.4, -0.2) is 27.5 Å². The quantitative estimate of drug-likeness (QED) is 0.756. The zero-order valence-corrected chi connectivity index (χ0v) is 14.8. The molecule has 1 amide bonds. The molecule has 1 aliphatic rings. The number of benzene rings is 1. The molecule has 0 saturated heterocycles. The van der Waals surface area contributed by atoms with Crippen LogP contribution in [0.25, 0.3) is 0 Å². The molecule has 3 N–H and O–H groups in total. The van der Waals surface area contributed by atoms with Crippen LogP contribution in [0.1, 0.15) is 48.9 Å². The summed E-state index contributed by atoms with van der Waals surface area (Å²) in [6, 6.07) is 7.69. The van der Waals surface area contributed by atoms with Crippen LogP contribution in [0.2, 0.25) is 0 Å². The monoisotopic (exact) mass is 341 g/mol. The zero-order valence-electron chi connectivity index (χ0n) is 14.8. The molecular formula is C20H27N3O2. The normalized spacial score (nSPS) is 17.8. The number of nitrogens with zero attached hydrogens (tertiary/aromatic N) is 1. The van der Waals surface area contributed by atoms with Crippen molar-refractivity contribution in [1.82, 2.24) is 15.3 Å². The smallest absolute Gasteiger partial charge is 0.256 e. The van der Waals surface area contributed by atoms with Gasteiger partial charge in [0.25, 0.3) is 5.91 Å². The number of H-pyrrole nitrogens is 1. The van der Waals surface area contributed by atoms with Crippen LogP contribution >= 0.6 is 0 Å². The van der Waals surface area contributed by atoms with Crippen LogP contribution in [0.4, 0.5) is 0 Å². The Kier molecular flexibility index (Phi) is 5.53. The van der Waals surface area contributed by atoms with Crippen molar-refractivity contribution < 1.29 is 9.90 Å². The van der Waals surface area contributed by atoms with E-state index in [4.69, 9.17) is 0 Å². The molecule has 1 atom stereocenters. The van der Waals surface area contributed by atoms with E-state index in [9.17, 15) is 9.90 Å². The number of aryl methyl sites for hydroxylation is 1. The highest BCUT2D eigenvalue weighted by molar-refractivity contribution is 5.86. The number of aliphatic hydroxyl groups is 1. The Morgan fingerprint density at radius 2 is 2.00 bits per heavy atom. The lowest BCUT2D eigenvalue weighted by Gasteiger charge is -2.37. The molecule has 0 bridgehead atoms. The minimum absolute atomic E-state index is 0.0330. The third-order valence-electron chi connectivity index (χ3n) is 5.26. The number of aromatic amines is 1. The van der Waals surface area contributed by atoms with E-state index in [1.165, 1.54) is 6.42 Å². The summed E-state index contributed by atoms with van der Waals surface area (Å²) in [5, 5.41) is 14.4. The van der Waals surface area contributed by atoms with E-state index in [-0.39, 0.29) is 11.8 Å². The lowest BCUT2D eigenvalue weighted by molar-refractivity contribution is -0.149. The molecule has 1 aromatic carbocycles. The summed E-state index contributed by atoms with van der Waals surface area (Å²) in [5.74, 6) is -0.326. The van der Waals surface area contributed by atoms with Gasteiger partial charge >= 0.3 is 0 Å². The number of imidazole rings is 1. The summed E-state index contributed by atoms with van der Waals surface area (Å²) in [4.78, 5) is 20.1. The van der Waals surface area contributed by atoms with E-state index in [0.717, 1.165) is 36.9 Å². The van der Waals surface area contributed by atoms with Gasteiger partial charge < -0.3 is 15.4 Å². The van der Waals surface area contributed by atoms with Gasteiger partial charge in [-0.25, -0.2) is 4.98 Å². The molecule has 25 heavy (non-hydrogen) atoms. The minimum Gasteiger partial charge on any atom is -0.375 e. The number of aromatic nitrogens is 2. The number of hydrogen-bond donors (Lipinski definition) is 3. The van der Waals surface area contributed by atoms with Crippen molar-refractivity contribution >= 4 is 5.91 Å². The predicted octanol–water partition coefficient (Wildman–Crippen LogP) is 2.84. The second-order valence-corrected chi connectivity index (χ2v) is 7.03. The van der Waals surface area contributed by atoms with E-state index in [1.54, 1.807) is 6.33 Å². The molecule has 1 unspecified atom stereocenters.